The van der Waals surface area contributed by atoms with Crippen molar-refractivity contribution in [3.05, 3.63) is 34.9 Å². The molecule has 0 unspecified atom stereocenters. The van der Waals surface area contributed by atoms with Crippen molar-refractivity contribution in [1.29, 1.82) is 0 Å². The van der Waals surface area contributed by atoms with Crippen LogP contribution in [0.15, 0.2) is 24.3 Å². The summed E-state index contributed by atoms with van der Waals surface area (Å²) in [5.41, 5.74) is 6.02. The smallest absolute Gasteiger partial charge is 0.408 e. The van der Waals surface area contributed by atoms with Gasteiger partial charge in [-0.05, 0) is 44.9 Å². The molecule has 122 valence electrons. The first-order valence-electron chi connectivity index (χ1n) is 6.82. The largest absolute Gasteiger partial charge is 0.480 e. The quantitative estimate of drug-likeness (QED) is 0.771. The highest BCUT2D eigenvalue weighted by molar-refractivity contribution is 6.30. The molecule has 0 heterocycles. The standard InChI is InChI=1S/C15H21ClN2O4/c1-15(2,3)22-14(21)18-12(13(19)20)8-11(17)9-4-6-10(16)7-5-9/h4-7,11-12H,8,17H2,1-3H3,(H,18,21)(H,19,20)/t11-,12+/m1/s1. The van der Waals surface area contributed by atoms with Crippen LogP contribution < -0.4 is 11.1 Å². The maximum atomic E-state index is 11.7. The van der Waals surface area contributed by atoms with E-state index in [1.807, 2.05) is 0 Å². The van der Waals surface area contributed by atoms with E-state index in [1.54, 1.807) is 45.0 Å². The van der Waals surface area contributed by atoms with Gasteiger partial charge in [-0.3, -0.25) is 0 Å². The maximum Gasteiger partial charge on any atom is 0.408 e. The van der Waals surface area contributed by atoms with E-state index in [-0.39, 0.29) is 6.42 Å². The van der Waals surface area contributed by atoms with E-state index in [9.17, 15) is 14.7 Å². The Hall–Kier alpha value is -1.79. The van der Waals surface area contributed by atoms with Crippen molar-refractivity contribution in [2.24, 2.45) is 5.73 Å². The number of carbonyl (C=O) groups is 2. The Bertz CT molecular complexity index is 525. The number of nitrogens with two attached hydrogens (primary N) is 1. The van der Waals surface area contributed by atoms with Crippen LogP contribution in [0.25, 0.3) is 0 Å². The number of halogens is 1. The average molecular weight is 329 g/mol. The number of hydrogen-bond donors (Lipinski definition) is 3. The SMILES string of the molecule is CC(C)(C)OC(=O)N[C@@H](C[C@@H](N)c1ccc(Cl)cc1)C(=O)O. The zero-order valence-corrected chi connectivity index (χ0v) is 13.6. The van der Waals surface area contributed by atoms with Crippen molar-refractivity contribution in [1.82, 2.24) is 5.32 Å². The van der Waals surface area contributed by atoms with Crippen molar-refractivity contribution in [3.63, 3.8) is 0 Å². The first-order valence-corrected chi connectivity index (χ1v) is 7.19. The molecule has 0 aliphatic carbocycles. The normalized spacial score (nSPS) is 14.0. The molecule has 0 saturated heterocycles. The Kier molecular flexibility index (Phi) is 6.20. The lowest BCUT2D eigenvalue weighted by atomic mass is 10.0. The molecular formula is C15H21ClN2O4. The Balaban J connectivity index is 2.70. The predicted molar refractivity (Wildman–Crippen MR) is 83.8 cm³/mol. The van der Waals surface area contributed by atoms with E-state index in [4.69, 9.17) is 22.1 Å². The monoisotopic (exact) mass is 328 g/mol. The molecule has 7 heteroatoms. The number of amides is 1. The van der Waals surface area contributed by atoms with Crippen LogP contribution in [0.4, 0.5) is 4.79 Å². The summed E-state index contributed by atoms with van der Waals surface area (Å²) in [5.74, 6) is -1.17. The number of alkyl carbamates (subject to hydrolysis) is 1. The van der Waals surface area contributed by atoms with E-state index in [1.165, 1.54) is 0 Å². The molecule has 0 spiro atoms. The molecule has 6 nitrogen and oxygen atoms in total. The summed E-state index contributed by atoms with van der Waals surface area (Å²) in [7, 11) is 0. The third-order valence-electron chi connectivity index (χ3n) is 2.78. The van der Waals surface area contributed by atoms with Crippen LogP contribution in [0, 0.1) is 0 Å². The van der Waals surface area contributed by atoms with Gasteiger partial charge in [0, 0.05) is 11.1 Å². The maximum absolute atomic E-state index is 11.7. The molecule has 0 saturated carbocycles. The van der Waals surface area contributed by atoms with Gasteiger partial charge in [0.15, 0.2) is 0 Å². The number of benzene rings is 1. The number of carboxylic acids is 1. The molecule has 1 rings (SSSR count). The summed E-state index contributed by atoms with van der Waals surface area (Å²) >= 11 is 5.79. The van der Waals surface area contributed by atoms with E-state index < -0.39 is 29.7 Å². The number of rotatable bonds is 5. The summed E-state index contributed by atoms with van der Waals surface area (Å²) in [6.07, 6.45) is -0.751. The lowest BCUT2D eigenvalue weighted by Gasteiger charge is -2.23. The molecule has 0 fully saturated rings. The van der Waals surface area contributed by atoms with Crippen LogP contribution in [-0.4, -0.2) is 28.8 Å². The molecule has 0 aliphatic heterocycles. The lowest BCUT2D eigenvalue weighted by Crippen LogP contribution is -2.44. The molecule has 4 N–H and O–H groups in total. The average Bonchev–Trinajstić information content (AvgIpc) is 2.36. The van der Waals surface area contributed by atoms with Gasteiger partial charge < -0.3 is 20.9 Å². The third-order valence-corrected chi connectivity index (χ3v) is 3.03. The molecule has 0 radical (unpaired) electrons. The van der Waals surface area contributed by atoms with Gasteiger partial charge in [-0.15, -0.1) is 0 Å². The number of nitrogens with one attached hydrogen (secondary N) is 1. The van der Waals surface area contributed by atoms with Gasteiger partial charge in [0.1, 0.15) is 11.6 Å². The van der Waals surface area contributed by atoms with Gasteiger partial charge >= 0.3 is 12.1 Å². The Morgan fingerprint density at radius 2 is 1.86 bits per heavy atom. The van der Waals surface area contributed by atoms with Crippen LogP contribution in [0.3, 0.4) is 0 Å². The topological polar surface area (TPSA) is 102 Å². The fourth-order valence-electron chi connectivity index (χ4n) is 1.77. The van der Waals surface area contributed by atoms with Crippen LogP contribution in [0.5, 0.6) is 0 Å². The minimum atomic E-state index is -1.17. The van der Waals surface area contributed by atoms with Gasteiger partial charge in [0.25, 0.3) is 0 Å². The molecule has 1 amide bonds. The molecule has 22 heavy (non-hydrogen) atoms. The lowest BCUT2D eigenvalue weighted by molar-refractivity contribution is -0.139. The fourth-order valence-corrected chi connectivity index (χ4v) is 1.90. The van der Waals surface area contributed by atoms with Crippen molar-refractivity contribution in [2.45, 2.75) is 44.9 Å². The predicted octanol–water partition coefficient (Wildman–Crippen LogP) is 2.71. The van der Waals surface area contributed by atoms with Gasteiger partial charge in [-0.25, -0.2) is 9.59 Å². The molecule has 0 aromatic heterocycles. The number of carboxylic acid groups (broad SMARTS) is 1. The van der Waals surface area contributed by atoms with E-state index in [2.05, 4.69) is 5.32 Å². The highest BCUT2D eigenvalue weighted by atomic mass is 35.5. The summed E-state index contributed by atoms with van der Waals surface area (Å²) in [6, 6.07) is 5.11. The zero-order chi connectivity index (χ0) is 16.9. The van der Waals surface area contributed by atoms with E-state index in [0.29, 0.717) is 5.02 Å². The second-order valence-corrected chi connectivity index (χ2v) is 6.37. The Morgan fingerprint density at radius 1 is 1.32 bits per heavy atom. The number of ether oxygens (including phenoxy) is 1. The number of aliphatic carboxylic acids is 1. The fraction of sp³-hybridized carbons (Fsp3) is 0.467. The van der Waals surface area contributed by atoms with Crippen LogP contribution >= 0.6 is 11.6 Å². The van der Waals surface area contributed by atoms with Crippen molar-refractivity contribution in [2.75, 3.05) is 0 Å². The van der Waals surface area contributed by atoms with Gasteiger partial charge in [0.2, 0.25) is 0 Å². The summed E-state index contributed by atoms with van der Waals surface area (Å²) in [6.45, 7) is 5.09. The Morgan fingerprint density at radius 3 is 2.32 bits per heavy atom. The van der Waals surface area contributed by atoms with E-state index in [0.717, 1.165) is 5.56 Å². The molecule has 1 aromatic carbocycles. The van der Waals surface area contributed by atoms with Crippen molar-refractivity contribution in [3.8, 4) is 0 Å². The molecule has 0 aliphatic rings. The molecule has 1 aromatic rings. The number of carbonyl (C=O) groups excluding carboxylic acids is 1. The number of hydrogen-bond acceptors (Lipinski definition) is 4. The summed E-state index contributed by atoms with van der Waals surface area (Å²) < 4.78 is 5.05. The highest BCUT2D eigenvalue weighted by Gasteiger charge is 2.26. The van der Waals surface area contributed by atoms with Crippen LogP contribution in [0.2, 0.25) is 5.02 Å². The third kappa shape index (κ3) is 6.32. The van der Waals surface area contributed by atoms with Gasteiger partial charge in [0.05, 0.1) is 0 Å². The molecular weight excluding hydrogens is 308 g/mol. The zero-order valence-electron chi connectivity index (χ0n) is 12.8. The minimum Gasteiger partial charge on any atom is -0.480 e. The second-order valence-electron chi connectivity index (χ2n) is 5.93. The second kappa shape index (κ2) is 7.47. The van der Waals surface area contributed by atoms with Crippen molar-refractivity contribution >= 4 is 23.7 Å². The summed E-state index contributed by atoms with van der Waals surface area (Å²) in [5, 5.41) is 12.1. The highest BCUT2D eigenvalue weighted by Crippen LogP contribution is 2.19. The molecule has 0 bridgehead atoms. The van der Waals surface area contributed by atoms with Crippen LogP contribution in [0.1, 0.15) is 38.8 Å². The van der Waals surface area contributed by atoms with Crippen molar-refractivity contribution < 1.29 is 19.4 Å². The summed E-state index contributed by atoms with van der Waals surface area (Å²) in [4.78, 5) is 23.0. The van der Waals surface area contributed by atoms with E-state index >= 15 is 0 Å². The Labute approximate surface area is 134 Å². The van der Waals surface area contributed by atoms with Gasteiger partial charge in [-0.1, -0.05) is 23.7 Å². The molecule has 2 atom stereocenters. The van der Waals surface area contributed by atoms with Crippen LogP contribution in [-0.2, 0) is 9.53 Å². The first-order chi connectivity index (χ1) is 10.1. The van der Waals surface area contributed by atoms with Gasteiger partial charge in [-0.2, -0.15) is 0 Å². The minimum absolute atomic E-state index is 0.0379. The first kappa shape index (κ1) is 18.3.